The van der Waals surface area contributed by atoms with Gasteiger partial charge in [-0.3, -0.25) is 19.2 Å². The summed E-state index contributed by atoms with van der Waals surface area (Å²) >= 11 is 1.47. The predicted molar refractivity (Wildman–Crippen MR) is 136 cm³/mol. The summed E-state index contributed by atoms with van der Waals surface area (Å²) in [4.78, 5) is 35.0. The van der Waals surface area contributed by atoms with E-state index >= 15 is 0 Å². The molecule has 0 unspecified atom stereocenters. The number of carbonyl (C=O) groups is 1. The van der Waals surface area contributed by atoms with E-state index in [-0.39, 0.29) is 12.5 Å². The lowest BCUT2D eigenvalue weighted by atomic mass is 10.2. The number of amides is 1. The Bertz CT molecular complexity index is 1400. The molecule has 3 heterocycles. The third kappa shape index (κ3) is 4.82. The Morgan fingerprint density at radius 1 is 1.20 bits per heavy atom. The number of aryl methyl sites for hydroxylation is 1. The average molecular weight is 497 g/mol. The summed E-state index contributed by atoms with van der Waals surface area (Å²) in [6.45, 7) is 6.48. The Morgan fingerprint density at radius 3 is 2.80 bits per heavy atom. The van der Waals surface area contributed by atoms with Gasteiger partial charge in [0.25, 0.3) is 0 Å². The highest BCUT2D eigenvalue weighted by atomic mass is 32.1. The highest BCUT2D eigenvalue weighted by Crippen LogP contribution is 2.36. The van der Waals surface area contributed by atoms with Crippen LogP contribution in [0.2, 0.25) is 0 Å². The maximum Gasteiger partial charge on any atom is 0.420 e. The predicted octanol–water partition coefficient (Wildman–Crippen LogP) is 3.28. The minimum atomic E-state index is -0.547. The van der Waals surface area contributed by atoms with Crippen molar-refractivity contribution >= 4 is 43.7 Å². The molecule has 0 radical (unpaired) electrons. The van der Waals surface area contributed by atoms with Gasteiger partial charge in [0.15, 0.2) is 10.7 Å². The van der Waals surface area contributed by atoms with Crippen molar-refractivity contribution < 1.29 is 18.7 Å². The number of para-hydroxylation sites is 2. The van der Waals surface area contributed by atoms with Gasteiger partial charge in [-0.1, -0.05) is 29.5 Å². The first-order valence-corrected chi connectivity index (χ1v) is 12.5. The number of nitrogens with zero attached hydrogens (tertiary/aromatic N) is 4. The van der Waals surface area contributed by atoms with Crippen LogP contribution in [0.1, 0.15) is 12.0 Å². The highest BCUT2D eigenvalue weighted by molar-refractivity contribution is 7.22. The summed E-state index contributed by atoms with van der Waals surface area (Å²) in [5.41, 5.74) is 2.87. The number of thiazole rings is 1. The second kappa shape index (κ2) is 10.2. The van der Waals surface area contributed by atoms with Crippen LogP contribution >= 0.6 is 11.3 Å². The number of anilines is 1. The third-order valence-electron chi connectivity index (χ3n) is 6.27. The zero-order valence-electron chi connectivity index (χ0n) is 19.9. The van der Waals surface area contributed by atoms with Gasteiger partial charge in [0.2, 0.25) is 5.91 Å². The number of hydrogen-bond acceptors (Lipinski definition) is 8. The van der Waals surface area contributed by atoms with E-state index in [4.69, 9.17) is 18.9 Å². The minimum Gasteiger partial charge on any atom is -0.494 e. The Kier molecular flexibility index (Phi) is 6.85. The molecule has 184 valence electrons. The van der Waals surface area contributed by atoms with Crippen LogP contribution in [-0.4, -0.2) is 66.9 Å². The van der Waals surface area contributed by atoms with Crippen molar-refractivity contribution in [2.75, 3.05) is 51.4 Å². The topological polar surface area (TPSA) is 90.0 Å². The molecule has 0 saturated carbocycles. The number of carbonyl (C=O) groups excluding carboxylic acids is 1. The van der Waals surface area contributed by atoms with E-state index in [1.54, 1.807) is 30.2 Å². The van der Waals surface area contributed by atoms with Crippen LogP contribution in [0.25, 0.3) is 21.3 Å². The molecule has 0 aliphatic carbocycles. The lowest BCUT2D eigenvalue weighted by molar-refractivity contribution is -0.119. The zero-order valence-corrected chi connectivity index (χ0v) is 20.7. The minimum absolute atomic E-state index is 0.126. The van der Waals surface area contributed by atoms with Gasteiger partial charge in [-0.05, 0) is 37.1 Å². The zero-order chi connectivity index (χ0) is 24.4. The molecule has 10 heteroatoms. The summed E-state index contributed by atoms with van der Waals surface area (Å²) in [5.74, 6) is -0.0863. The van der Waals surface area contributed by atoms with Gasteiger partial charge in [0, 0.05) is 26.2 Å². The molecular weight excluding hydrogens is 468 g/mol. The highest BCUT2D eigenvalue weighted by Gasteiger charge is 2.24. The van der Waals surface area contributed by atoms with Crippen LogP contribution in [0.4, 0.5) is 5.13 Å². The molecule has 5 rings (SSSR count). The number of ether oxygens (including phenoxy) is 2. The Balaban J connectivity index is 1.45. The molecule has 0 N–H and O–H groups in total. The van der Waals surface area contributed by atoms with Crippen LogP contribution in [-0.2, 0) is 16.1 Å². The third-order valence-corrected chi connectivity index (χ3v) is 7.48. The van der Waals surface area contributed by atoms with Gasteiger partial charge in [0.05, 0.1) is 30.5 Å². The number of oxazole rings is 1. The summed E-state index contributed by atoms with van der Waals surface area (Å²) in [7, 11) is 1.62. The molecule has 1 aliphatic rings. The van der Waals surface area contributed by atoms with Crippen molar-refractivity contribution in [2.24, 2.45) is 0 Å². The lowest BCUT2D eigenvalue weighted by Crippen LogP contribution is -2.40. The second-order valence-corrected chi connectivity index (χ2v) is 9.51. The molecule has 0 spiro atoms. The van der Waals surface area contributed by atoms with Crippen molar-refractivity contribution in [1.82, 2.24) is 14.5 Å². The van der Waals surface area contributed by atoms with Crippen molar-refractivity contribution in [2.45, 2.75) is 19.9 Å². The van der Waals surface area contributed by atoms with E-state index < -0.39 is 5.76 Å². The molecule has 35 heavy (non-hydrogen) atoms. The Hall–Kier alpha value is -3.21. The number of morpholine rings is 1. The molecular formula is C25H28N4O5S. The molecule has 1 fully saturated rings. The fraction of sp³-hybridized carbons (Fsp3) is 0.400. The van der Waals surface area contributed by atoms with E-state index in [1.165, 1.54) is 15.9 Å². The summed E-state index contributed by atoms with van der Waals surface area (Å²) in [5, 5.41) is 0.598. The lowest BCUT2D eigenvalue weighted by Gasteiger charge is -2.27. The molecule has 2 aromatic heterocycles. The first kappa shape index (κ1) is 23.5. The Morgan fingerprint density at radius 2 is 2.00 bits per heavy atom. The smallest absolute Gasteiger partial charge is 0.420 e. The molecule has 1 amide bonds. The average Bonchev–Trinajstić information content (AvgIpc) is 3.45. The molecule has 0 atom stereocenters. The van der Waals surface area contributed by atoms with E-state index in [0.717, 1.165) is 55.0 Å². The number of fused-ring (bicyclic) bond motifs is 2. The van der Waals surface area contributed by atoms with Gasteiger partial charge < -0.3 is 13.9 Å². The van der Waals surface area contributed by atoms with Crippen molar-refractivity contribution in [3.05, 3.63) is 52.5 Å². The second-order valence-electron chi connectivity index (χ2n) is 8.53. The SMILES string of the molecule is COc1ccc(C)c2sc(N(CCCN3CCOCC3)C(=O)Cn3c(=O)oc4ccccc43)nc12. The van der Waals surface area contributed by atoms with Gasteiger partial charge in [-0.2, -0.15) is 0 Å². The van der Waals surface area contributed by atoms with Gasteiger partial charge in [-0.15, -0.1) is 0 Å². The fourth-order valence-electron chi connectivity index (χ4n) is 4.37. The van der Waals surface area contributed by atoms with E-state index in [9.17, 15) is 9.59 Å². The fourth-order valence-corrected chi connectivity index (χ4v) is 5.46. The summed E-state index contributed by atoms with van der Waals surface area (Å²) < 4.78 is 18.6. The van der Waals surface area contributed by atoms with Gasteiger partial charge in [0.1, 0.15) is 17.8 Å². The molecule has 1 aliphatic heterocycles. The van der Waals surface area contributed by atoms with Crippen molar-refractivity contribution in [1.29, 1.82) is 0 Å². The van der Waals surface area contributed by atoms with E-state index in [0.29, 0.717) is 28.5 Å². The summed E-state index contributed by atoms with van der Waals surface area (Å²) in [6, 6.07) is 11.0. The largest absolute Gasteiger partial charge is 0.494 e. The van der Waals surface area contributed by atoms with Crippen LogP contribution in [0.15, 0.2) is 45.6 Å². The maximum absolute atomic E-state index is 13.6. The first-order chi connectivity index (χ1) is 17.0. The van der Waals surface area contributed by atoms with E-state index in [1.807, 2.05) is 25.1 Å². The normalized spacial score (nSPS) is 14.6. The monoisotopic (exact) mass is 496 g/mol. The van der Waals surface area contributed by atoms with Crippen LogP contribution in [0, 0.1) is 6.92 Å². The van der Waals surface area contributed by atoms with Crippen molar-refractivity contribution in [3.8, 4) is 5.75 Å². The number of hydrogen-bond donors (Lipinski definition) is 0. The Labute approximate surface area is 206 Å². The van der Waals surface area contributed by atoms with Crippen LogP contribution in [0.5, 0.6) is 5.75 Å². The molecule has 0 bridgehead atoms. The molecule has 4 aromatic rings. The van der Waals surface area contributed by atoms with Crippen LogP contribution < -0.4 is 15.4 Å². The quantitative estimate of drug-likeness (QED) is 0.370. The van der Waals surface area contributed by atoms with Crippen LogP contribution in [0.3, 0.4) is 0 Å². The molecule has 2 aromatic carbocycles. The number of benzene rings is 2. The number of aromatic nitrogens is 2. The van der Waals surface area contributed by atoms with Gasteiger partial charge >= 0.3 is 5.76 Å². The number of rotatable bonds is 8. The summed E-state index contributed by atoms with van der Waals surface area (Å²) in [6.07, 6.45) is 0.777. The van der Waals surface area contributed by atoms with Crippen molar-refractivity contribution in [3.63, 3.8) is 0 Å². The van der Waals surface area contributed by atoms with Gasteiger partial charge in [-0.25, -0.2) is 9.78 Å². The van der Waals surface area contributed by atoms with E-state index in [2.05, 4.69) is 4.90 Å². The number of methoxy groups -OCH3 is 1. The first-order valence-electron chi connectivity index (χ1n) is 11.7. The standard InChI is InChI=1S/C25H28N4O5S/c1-17-8-9-20(32-2)22-23(17)35-24(26-22)28(11-5-10-27-12-14-33-15-13-27)21(30)16-29-18-6-3-4-7-19(18)34-25(29)31/h3-4,6-9H,5,10-16H2,1-2H3. The molecule has 9 nitrogen and oxygen atoms in total. The molecule has 1 saturated heterocycles. The maximum atomic E-state index is 13.6.